The third-order valence-electron chi connectivity index (χ3n) is 4.01. The zero-order valence-electron chi connectivity index (χ0n) is 10.0. The zero-order valence-corrected chi connectivity index (χ0v) is 10.0. The van der Waals surface area contributed by atoms with Gasteiger partial charge in [-0.25, -0.2) is 0 Å². The molecule has 0 aromatic heterocycles. The number of nitrogens with zero attached hydrogens (tertiary/aromatic N) is 1. The predicted molar refractivity (Wildman–Crippen MR) is 67.6 cm³/mol. The summed E-state index contributed by atoms with van der Waals surface area (Å²) in [4.78, 5) is 2.48. The Hall–Kier alpha value is -0.900. The van der Waals surface area contributed by atoms with Crippen LogP contribution in [0.25, 0.3) is 0 Å². The van der Waals surface area contributed by atoms with Crippen molar-refractivity contribution in [1.29, 1.82) is 0 Å². The highest BCUT2D eigenvalue weighted by molar-refractivity contribution is 5.14. The molecule has 2 fully saturated rings. The molecule has 0 saturated carbocycles. The molecule has 17 heavy (non-hydrogen) atoms. The lowest BCUT2D eigenvalue weighted by Gasteiger charge is -2.45. The normalized spacial score (nSPS) is 33.6. The fourth-order valence-corrected chi connectivity index (χ4v) is 3.13. The third-order valence-corrected chi connectivity index (χ3v) is 4.01. The monoisotopic (exact) mass is 232 g/mol. The van der Waals surface area contributed by atoms with Crippen LogP contribution >= 0.6 is 0 Å². The number of rotatable bonds is 2. The molecular formula is C14H20N2O. The average Bonchev–Trinajstić information content (AvgIpc) is 2.32. The second-order valence-electron chi connectivity index (χ2n) is 5.35. The van der Waals surface area contributed by atoms with Crippen LogP contribution in [0.15, 0.2) is 30.3 Å². The van der Waals surface area contributed by atoms with Gasteiger partial charge in [-0.1, -0.05) is 30.3 Å². The fourth-order valence-electron chi connectivity index (χ4n) is 3.13. The van der Waals surface area contributed by atoms with Gasteiger partial charge in [-0.05, 0) is 5.56 Å². The molecule has 2 atom stereocenters. The lowest BCUT2D eigenvalue weighted by atomic mass is 9.82. The van der Waals surface area contributed by atoms with Gasteiger partial charge in [0, 0.05) is 44.6 Å². The highest BCUT2D eigenvalue weighted by Gasteiger charge is 2.38. The summed E-state index contributed by atoms with van der Waals surface area (Å²) in [6.07, 6.45) is -0.0942. The minimum Gasteiger partial charge on any atom is -0.392 e. The van der Waals surface area contributed by atoms with E-state index in [0.29, 0.717) is 11.8 Å². The molecule has 2 aliphatic heterocycles. The van der Waals surface area contributed by atoms with Gasteiger partial charge in [0.1, 0.15) is 0 Å². The number of aliphatic hydroxyl groups excluding tert-OH is 1. The van der Waals surface area contributed by atoms with Crippen molar-refractivity contribution >= 4 is 0 Å². The Kier molecular flexibility index (Phi) is 3.14. The van der Waals surface area contributed by atoms with Crippen molar-refractivity contribution in [2.24, 2.45) is 11.8 Å². The molecule has 2 bridgehead atoms. The molecule has 0 aliphatic carbocycles. The molecular weight excluding hydrogens is 212 g/mol. The molecule has 2 N–H and O–H groups in total. The maximum atomic E-state index is 10.1. The quantitative estimate of drug-likeness (QED) is 0.788. The summed E-state index contributed by atoms with van der Waals surface area (Å²) in [6, 6.07) is 10.6. The molecule has 1 aromatic rings. The van der Waals surface area contributed by atoms with Crippen molar-refractivity contribution in [3.05, 3.63) is 35.9 Å². The van der Waals surface area contributed by atoms with Crippen molar-refractivity contribution in [3.63, 3.8) is 0 Å². The first-order chi connectivity index (χ1) is 8.33. The number of aliphatic hydroxyl groups is 1. The second kappa shape index (κ2) is 4.77. The van der Waals surface area contributed by atoms with Crippen molar-refractivity contribution in [3.8, 4) is 0 Å². The Morgan fingerprint density at radius 2 is 1.76 bits per heavy atom. The van der Waals surface area contributed by atoms with Crippen LogP contribution in [0, 0.1) is 11.8 Å². The number of piperidine rings is 2. The van der Waals surface area contributed by atoms with E-state index in [9.17, 15) is 5.11 Å². The molecule has 2 unspecified atom stereocenters. The van der Waals surface area contributed by atoms with Gasteiger partial charge in [-0.3, -0.25) is 4.90 Å². The number of hydrogen-bond donors (Lipinski definition) is 2. The Labute approximate surface area is 102 Å². The molecule has 3 nitrogen and oxygen atoms in total. The Bertz CT molecular complexity index is 354. The van der Waals surface area contributed by atoms with E-state index in [4.69, 9.17) is 0 Å². The van der Waals surface area contributed by atoms with Crippen molar-refractivity contribution in [2.45, 2.75) is 12.6 Å². The molecule has 2 aliphatic rings. The summed E-state index contributed by atoms with van der Waals surface area (Å²) in [5, 5.41) is 13.5. The van der Waals surface area contributed by atoms with E-state index in [1.165, 1.54) is 5.56 Å². The minimum absolute atomic E-state index is 0.0942. The molecule has 92 valence electrons. The van der Waals surface area contributed by atoms with Gasteiger partial charge in [-0.15, -0.1) is 0 Å². The summed E-state index contributed by atoms with van der Waals surface area (Å²) in [5.41, 5.74) is 1.37. The average molecular weight is 232 g/mol. The first-order valence-corrected chi connectivity index (χ1v) is 6.48. The van der Waals surface area contributed by atoms with Crippen LogP contribution in [-0.4, -0.2) is 42.3 Å². The van der Waals surface area contributed by atoms with Gasteiger partial charge in [0.05, 0.1) is 6.10 Å². The van der Waals surface area contributed by atoms with E-state index in [2.05, 4.69) is 40.5 Å². The predicted octanol–water partition coefficient (Wildman–Crippen LogP) is 0.699. The van der Waals surface area contributed by atoms with Crippen LogP contribution in [0.3, 0.4) is 0 Å². The standard InChI is InChI=1S/C14H20N2O/c17-14-12-6-15-7-13(14)10-16(9-12)8-11-4-2-1-3-5-11/h1-5,12-15,17H,6-10H2. The largest absolute Gasteiger partial charge is 0.392 e. The number of benzene rings is 1. The van der Waals surface area contributed by atoms with E-state index in [-0.39, 0.29) is 6.10 Å². The number of likely N-dealkylation sites (tertiary alicyclic amines) is 1. The smallest absolute Gasteiger partial charge is 0.0645 e. The zero-order chi connectivity index (χ0) is 11.7. The van der Waals surface area contributed by atoms with E-state index in [1.807, 2.05) is 0 Å². The molecule has 0 amide bonds. The topological polar surface area (TPSA) is 35.5 Å². The summed E-state index contributed by atoms with van der Waals surface area (Å²) in [6.45, 7) is 4.96. The van der Waals surface area contributed by atoms with Crippen molar-refractivity contribution in [2.75, 3.05) is 26.2 Å². The molecule has 0 radical (unpaired) electrons. The maximum Gasteiger partial charge on any atom is 0.0645 e. The lowest BCUT2D eigenvalue weighted by molar-refractivity contribution is -0.0423. The van der Waals surface area contributed by atoms with Crippen LogP contribution in [0.4, 0.5) is 0 Å². The van der Waals surface area contributed by atoms with Gasteiger partial charge in [-0.2, -0.15) is 0 Å². The van der Waals surface area contributed by atoms with Crippen LogP contribution in [0.5, 0.6) is 0 Å². The van der Waals surface area contributed by atoms with Crippen LogP contribution in [0.1, 0.15) is 5.56 Å². The molecule has 3 rings (SSSR count). The highest BCUT2D eigenvalue weighted by Crippen LogP contribution is 2.26. The Balaban J connectivity index is 1.66. The van der Waals surface area contributed by atoms with Crippen LogP contribution in [-0.2, 0) is 6.54 Å². The van der Waals surface area contributed by atoms with Gasteiger partial charge in [0.2, 0.25) is 0 Å². The van der Waals surface area contributed by atoms with Gasteiger partial charge in [0.25, 0.3) is 0 Å². The number of nitrogens with one attached hydrogen (secondary N) is 1. The minimum atomic E-state index is -0.0942. The van der Waals surface area contributed by atoms with Gasteiger partial charge in [0.15, 0.2) is 0 Å². The molecule has 0 spiro atoms. The van der Waals surface area contributed by atoms with E-state index >= 15 is 0 Å². The van der Waals surface area contributed by atoms with Crippen molar-refractivity contribution in [1.82, 2.24) is 10.2 Å². The molecule has 2 saturated heterocycles. The second-order valence-corrected chi connectivity index (χ2v) is 5.35. The summed E-state index contributed by atoms with van der Waals surface area (Å²) < 4.78 is 0. The first-order valence-electron chi connectivity index (χ1n) is 6.48. The van der Waals surface area contributed by atoms with Crippen molar-refractivity contribution < 1.29 is 5.11 Å². The summed E-state index contributed by atoms with van der Waals surface area (Å²) >= 11 is 0. The summed E-state index contributed by atoms with van der Waals surface area (Å²) in [7, 11) is 0. The van der Waals surface area contributed by atoms with Gasteiger partial charge >= 0.3 is 0 Å². The maximum absolute atomic E-state index is 10.1. The van der Waals surface area contributed by atoms with Gasteiger partial charge < -0.3 is 10.4 Å². The summed E-state index contributed by atoms with van der Waals surface area (Å²) in [5.74, 6) is 0.817. The van der Waals surface area contributed by atoms with E-state index in [1.54, 1.807) is 0 Å². The van der Waals surface area contributed by atoms with Crippen LogP contribution < -0.4 is 5.32 Å². The number of fused-ring (bicyclic) bond motifs is 2. The fraction of sp³-hybridized carbons (Fsp3) is 0.571. The molecule has 1 aromatic carbocycles. The van der Waals surface area contributed by atoms with E-state index < -0.39 is 0 Å². The Morgan fingerprint density at radius 1 is 1.12 bits per heavy atom. The molecule has 2 heterocycles. The Morgan fingerprint density at radius 3 is 2.41 bits per heavy atom. The SMILES string of the molecule is OC1C2CNCC1CN(Cc1ccccc1)C2. The molecule has 3 heteroatoms. The third kappa shape index (κ3) is 2.37. The van der Waals surface area contributed by atoms with Crippen LogP contribution in [0.2, 0.25) is 0 Å². The first kappa shape index (κ1) is 11.2. The lowest BCUT2D eigenvalue weighted by Crippen LogP contribution is -2.58. The highest BCUT2D eigenvalue weighted by atomic mass is 16.3. The number of hydrogen-bond acceptors (Lipinski definition) is 3. The van der Waals surface area contributed by atoms with E-state index in [0.717, 1.165) is 32.7 Å².